The first-order valence-corrected chi connectivity index (χ1v) is 8.16. The second-order valence-electron chi connectivity index (χ2n) is 5.68. The molecule has 0 bridgehead atoms. The van der Waals surface area contributed by atoms with Crippen LogP contribution in [0.5, 0.6) is 5.75 Å². The molecule has 2 aromatic heterocycles. The Morgan fingerprint density at radius 3 is 2.77 bits per heavy atom. The van der Waals surface area contributed by atoms with Crippen molar-refractivity contribution in [3.05, 3.63) is 78.1 Å². The van der Waals surface area contributed by atoms with E-state index in [2.05, 4.69) is 15.3 Å². The summed E-state index contributed by atoms with van der Waals surface area (Å²) in [5, 5.41) is 3.09. The van der Waals surface area contributed by atoms with E-state index in [1.807, 2.05) is 43.3 Å². The zero-order valence-electron chi connectivity index (χ0n) is 14.4. The largest absolute Gasteiger partial charge is 0.486 e. The van der Waals surface area contributed by atoms with Crippen molar-refractivity contribution in [1.82, 2.24) is 9.97 Å². The van der Waals surface area contributed by atoms with Crippen LogP contribution in [0.15, 0.2) is 65.3 Å². The van der Waals surface area contributed by atoms with Gasteiger partial charge in [0, 0.05) is 11.8 Å². The Morgan fingerprint density at radius 2 is 2.04 bits per heavy atom. The number of furan rings is 1. The molecule has 0 fully saturated rings. The minimum absolute atomic E-state index is 0.264. The van der Waals surface area contributed by atoms with Crippen LogP contribution >= 0.6 is 0 Å². The lowest BCUT2D eigenvalue weighted by molar-refractivity contribution is 0.295. The fourth-order valence-electron chi connectivity index (χ4n) is 2.36. The van der Waals surface area contributed by atoms with Crippen LogP contribution < -0.4 is 21.5 Å². The van der Waals surface area contributed by atoms with Crippen molar-refractivity contribution in [1.29, 1.82) is 0 Å². The van der Waals surface area contributed by atoms with Gasteiger partial charge >= 0.3 is 0 Å². The average molecular weight is 351 g/mol. The van der Waals surface area contributed by atoms with E-state index in [1.54, 1.807) is 24.5 Å². The molecule has 0 amide bonds. The maximum atomic E-state index is 6.08. The van der Waals surface area contributed by atoms with E-state index in [1.165, 1.54) is 0 Å². The van der Waals surface area contributed by atoms with Gasteiger partial charge in [-0.2, -0.15) is 0 Å². The van der Waals surface area contributed by atoms with Gasteiger partial charge in [-0.15, -0.1) is 0 Å². The molecule has 1 aromatic carbocycles. The number of benzene rings is 1. The molecular weight excluding hydrogens is 330 g/mol. The Balaban J connectivity index is 1.66. The van der Waals surface area contributed by atoms with Crippen LogP contribution in [0.1, 0.15) is 17.3 Å². The van der Waals surface area contributed by atoms with E-state index in [-0.39, 0.29) is 6.61 Å². The number of hydrogen-bond donors (Lipinski definition) is 3. The maximum absolute atomic E-state index is 6.08. The molecule has 5 N–H and O–H groups in total. The van der Waals surface area contributed by atoms with Crippen molar-refractivity contribution in [3.63, 3.8) is 0 Å². The molecular formula is C19H21N5O2. The summed E-state index contributed by atoms with van der Waals surface area (Å²) in [5.41, 5.74) is 13.3. The van der Waals surface area contributed by atoms with Gasteiger partial charge in [0.15, 0.2) is 5.82 Å². The molecule has 0 saturated carbocycles. The molecule has 0 aliphatic rings. The second-order valence-corrected chi connectivity index (χ2v) is 5.68. The van der Waals surface area contributed by atoms with Crippen LogP contribution in [0.2, 0.25) is 0 Å². The molecule has 0 aliphatic carbocycles. The van der Waals surface area contributed by atoms with Gasteiger partial charge in [0.05, 0.1) is 18.1 Å². The molecule has 3 aromatic rings. The number of nitrogens with two attached hydrogens (primary N) is 2. The Labute approximate surface area is 151 Å². The van der Waals surface area contributed by atoms with Crippen molar-refractivity contribution in [3.8, 4) is 5.75 Å². The standard InChI is InChI=1S/C19H21N5O2/c1-13-10-18(23-17(21)11-15(20)16-8-5-9-25-16)24-19(22-13)12-26-14-6-3-2-4-7-14/h2-11,17H,12,20-21H2,1H3,(H,22,23,24)/b15-11-. The second kappa shape index (κ2) is 8.17. The van der Waals surface area contributed by atoms with Crippen LogP contribution in [0.3, 0.4) is 0 Å². The zero-order chi connectivity index (χ0) is 18.4. The molecule has 7 nitrogen and oxygen atoms in total. The number of aromatic nitrogens is 2. The molecule has 1 unspecified atom stereocenters. The van der Waals surface area contributed by atoms with E-state index in [0.717, 1.165) is 11.4 Å². The fraction of sp³-hybridized carbons (Fsp3) is 0.158. The van der Waals surface area contributed by atoms with Crippen molar-refractivity contribution in [2.24, 2.45) is 11.5 Å². The molecule has 26 heavy (non-hydrogen) atoms. The van der Waals surface area contributed by atoms with Gasteiger partial charge in [-0.25, -0.2) is 9.97 Å². The molecule has 0 spiro atoms. The summed E-state index contributed by atoms with van der Waals surface area (Å²) in [5.74, 6) is 2.49. The van der Waals surface area contributed by atoms with Crippen LogP contribution in [-0.4, -0.2) is 16.1 Å². The number of ether oxygens (including phenoxy) is 1. The fourth-order valence-corrected chi connectivity index (χ4v) is 2.36. The number of nitrogens with zero attached hydrogens (tertiary/aromatic N) is 2. The Morgan fingerprint density at radius 1 is 1.23 bits per heavy atom. The van der Waals surface area contributed by atoms with Crippen LogP contribution in [-0.2, 0) is 6.61 Å². The highest BCUT2D eigenvalue weighted by Gasteiger charge is 2.08. The molecule has 0 saturated heterocycles. The van der Waals surface area contributed by atoms with E-state index < -0.39 is 6.17 Å². The number of nitrogens with one attached hydrogen (secondary N) is 1. The number of hydrogen-bond acceptors (Lipinski definition) is 7. The van der Waals surface area contributed by atoms with Crippen LogP contribution in [0, 0.1) is 6.92 Å². The molecule has 1 atom stereocenters. The van der Waals surface area contributed by atoms with Crippen molar-refractivity contribution < 1.29 is 9.15 Å². The summed E-state index contributed by atoms with van der Waals surface area (Å²) in [6, 6.07) is 14.9. The first-order chi connectivity index (χ1) is 12.6. The lowest BCUT2D eigenvalue weighted by atomic mass is 10.3. The van der Waals surface area contributed by atoms with E-state index >= 15 is 0 Å². The molecule has 2 heterocycles. The van der Waals surface area contributed by atoms with Gasteiger partial charge in [0.2, 0.25) is 0 Å². The summed E-state index contributed by atoms with van der Waals surface area (Å²) >= 11 is 0. The van der Waals surface area contributed by atoms with Gasteiger partial charge < -0.3 is 25.9 Å². The Bertz CT molecular complexity index is 863. The number of para-hydroxylation sites is 1. The molecule has 134 valence electrons. The lowest BCUT2D eigenvalue weighted by Gasteiger charge is -2.13. The van der Waals surface area contributed by atoms with Crippen molar-refractivity contribution in [2.45, 2.75) is 19.7 Å². The third-order valence-corrected chi connectivity index (χ3v) is 3.49. The summed E-state index contributed by atoms with van der Waals surface area (Å²) in [7, 11) is 0. The highest BCUT2D eigenvalue weighted by molar-refractivity contribution is 5.59. The Hall–Kier alpha value is -3.32. The van der Waals surface area contributed by atoms with Crippen LogP contribution in [0.25, 0.3) is 5.70 Å². The number of anilines is 1. The quantitative estimate of drug-likeness (QED) is 0.561. The number of aryl methyl sites for hydroxylation is 1. The highest BCUT2D eigenvalue weighted by atomic mass is 16.5. The third kappa shape index (κ3) is 4.84. The maximum Gasteiger partial charge on any atom is 0.168 e. The topological polar surface area (TPSA) is 112 Å². The summed E-state index contributed by atoms with van der Waals surface area (Å²) < 4.78 is 10.9. The first kappa shape index (κ1) is 17.5. The van der Waals surface area contributed by atoms with Gasteiger partial charge in [0.1, 0.15) is 23.9 Å². The lowest BCUT2D eigenvalue weighted by Crippen LogP contribution is -2.29. The SMILES string of the molecule is Cc1cc(NC(N)/C=C(\N)c2ccco2)nc(COc2ccccc2)n1. The van der Waals surface area contributed by atoms with Gasteiger partial charge in [-0.05, 0) is 37.3 Å². The van der Waals surface area contributed by atoms with E-state index in [4.69, 9.17) is 20.6 Å². The zero-order valence-corrected chi connectivity index (χ0v) is 14.4. The van der Waals surface area contributed by atoms with Crippen molar-refractivity contribution >= 4 is 11.5 Å². The predicted octanol–water partition coefficient (Wildman–Crippen LogP) is 2.65. The van der Waals surface area contributed by atoms with E-state index in [9.17, 15) is 0 Å². The molecule has 3 rings (SSSR count). The highest BCUT2D eigenvalue weighted by Crippen LogP contribution is 2.13. The van der Waals surface area contributed by atoms with Gasteiger partial charge in [0.25, 0.3) is 0 Å². The smallest absolute Gasteiger partial charge is 0.168 e. The van der Waals surface area contributed by atoms with Crippen molar-refractivity contribution in [2.75, 3.05) is 5.32 Å². The van der Waals surface area contributed by atoms with Gasteiger partial charge in [-0.3, -0.25) is 0 Å². The minimum Gasteiger partial charge on any atom is -0.486 e. The molecule has 7 heteroatoms. The normalized spacial score (nSPS) is 12.6. The monoisotopic (exact) mass is 351 g/mol. The van der Waals surface area contributed by atoms with Crippen LogP contribution in [0.4, 0.5) is 5.82 Å². The summed E-state index contributed by atoms with van der Waals surface area (Å²) in [4.78, 5) is 8.82. The van der Waals surface area contributed by atoms with Gasteiger partial charge in [-0.1, -0.05) is 18.2 Å². The summed E-state index contributed by atoms with van der Waals surface area (Å²) in [6.45, 7) is 2.15. The third-order valence-electron chi connectivity index (χ3n) is 3.49. The minimum atomic E-state index is -0.530. The Kier molecular flexibility index (Phi) is 5.50. The first-order valence-electron chi connectivity index (χ1n) is 8.16. The molecule has 0 radical (unpaired) electrons. The summed E-state index contributed by atoms with van der Waals surface area (Å²) in [6.07, 6.45) is 2.69. The average Bonchev–Trinajstić information content (AvgIpc) is 3.15. The predicted molar refractivity (Wildman–Crippen MR) is 100 cm³/mol. The number of rotatable bonds is 7. The van der Waals surface area contributed by atoms with E-state index in [0.29, 0.717) is 23.1 Å². The molecule has 0 aliphatic heterocycles.